The Hall–Kier alpha value is -2.31. The average Bonchev–Trinajstić information content (AvgIpc) is 3.43. The van der Waals surface area contributed by atoms with Gasteiger partial charge in [-0.3, -0.25) is 4.79 Å². The first kappa shape index (κ1) is 70.8. The second-order valence-corrected chi connectivity index (χ2v) is 21.5. The Balaban J connectivity index is 1.69. The van der Waals surface area contributed by atoms with Crippen LogP contribution in [0, 0.1) is 0 Å². The van der Waals surface area contributed by atoms with E-state index < -0.39 is 80.7 Å². The maximum atomic E-state index is 13.1. The smallest absolute Gasteiger partial charge is 0.306 e. The van der Waals surface area contributed by atoms with Gasteiger partial charge < -0.3 is 64.2 Å². The first-order valence-corrected chi connectivity index (χ1v) is 30.9. The van der Waals surface area contributed by atoms with Gasteiger partial charge in [0, 0.05) is 13.0 Å². The predicted molar refractivity (Wildman–Crippen MR) is 307 cm³/mol. The van der Waals surface area contributed by atoms with Crippen molar-refractivity contribution in [2.24, 2.45) is 0 Å². The van der Waals surface area contributed by atoms with E-state index in [9.17, 15) is 40.5 Å². The number of hydrogen-bond acceptors (Lipinski definition) is 14. The number of ether oxygens (including phenoxy) is 6. The molecule has 2 aliphatic rings. The molecule has 14 nitrogen and oxygen atoms in total. The van der Waals surface area contributed by atoms with E-state index >= 15 is 0 Å². The molecule has 2 aliphatic heterocycles. The molecule has 0 bridgehead atoms. The summed E-state index contributed by atoms with van der Waals surface area (Å²) in [7, 11) is 0. The molecule has 448 valence electrons. The average molecular weight is 1090 g/mol. The minimum atomic E-state index is -1.71. The van der Waals surface area contributed by atoms with E-state index in [1.807, 2.05) is 0 Å². The molecule has 0 spiro atoms. The molecular weight excluding hydrogens is 981 g/mol. The van der Waals surface area contributed by atoms with Crippen LogP contribution in [0.4, 0.5) is 0 Å². The number of allylic oxidation sites excluding steroid dienone is 10. The monoisotopic (exact) mass is 1090 g/mol. The quantitative estimate of drug-likeness (QED) is 0.0172. The Bertz CT molecular complexity index is 1500. The Labute approximate surface area is 466 Å². The van der Waals surface area contributed by atoms with Crippen LogP contribution in [0.15, 0.2) is 60.8 Å². The first-order chi connectivity index (χ1) is 37.6. The summed E-state index contributed by atoms with van der Waals surface area (Å²) in [4.78, 5) is 13.1. The number of aliphatic hydroxyl groups excluding tert-OH is 7. The minimum absolute atomic E-state index is 0.0527. The van der Waals surface area contributed by atoms with E-state index in [1.165, 1.54) is 135 Å². The fraction of sp³-hybridized carbons (Fsp3) is 0.825. The van der Waals surface area contributed by atoms with Crippen molar-refractivity contribution in [3.8, 4) is 0 Å². The van der Waals surface area contributed by atoms with Crippen LogP contribution in [-0.4, -0.2) is 142 Å². The van der Waals surface area contributed by atoms with Gasteiger partial charge in [0.1, 0.15) is 54.9 Å². The molecule has 77 heavy (non-hydrogen) atoms. The van der Waals surface area contributed by atoms with Crippen molar-refractivity contribution in [2.45, 2.75) is 300 Å². The Morgan fingerprint density at radius 2 is 0.844 bits per heavy atom. The third-order valence-corrected chi connectivity index (χ3v) is 14.5. The summed E-state index contributed by atoms with van der Waals surface area (Å²) >= 11 is 0. The Morgan fingerprint density at radius 1 is 0.442 bits per heavy atom. The van der Waals surface area contributed by atoms with Crippen LogP contribution in [-0.2, 0) is 33.2 Å². The lowest BCUT2D eigenvalue weighted by atomic mass is 9.98. The van der Waals surface area contributed by atoms with Crippen molar-refractivity contribution in [1.82, 2.24) is 0 Å². The zero-order valence-corrected chi connectivity index (χ0v) is 48.2. The summed E-state index contributed by atoms with van der Waals surface area (Å²) in [6.07, 6.45) is 45.7. The van der Waals surface area contributed by atoms with E-state index in [4.69, 9.17) is 28.4 Å². The van der Waals surface area contributed by atoms with Gasteiger partial charge in [-0.25, -0.2) is 0 Å². The highest BCUT2D eigenvalue weighted by Gasteiger charge is 2.47. The molecule has 2 fully saturated rings. The van der Waals surface area contributed by atoms with E-state index in [1.54, 1.807) is 0 Å². The lowest BCUT2D eigenvalue weighted by molar-refractivity contribution is -0.332. The lowest BCUT2D eigenvalue weighted by Gasteiger charge is -2.42. The van der Waals surface area contributed by atoms with Crippen molar-refractivity contribution >= 4 is 5.97 Å². The van der Waals surface area contributed by atoms with E-state index in [2.05, 4.69) is 74.6 Å². The standard InChI is InChI=1S/C63H112O14/c1-3-5-7-9-11-13-15-17-19-21-23-25-26-27-28-30-32-34-36-38-40-42-44-46-55(65)75-52(49-72-47-45-43-41-39-37-35-33-31-29-24-22-20-18-16-14-12-10-8-6-4-2)50-73-62-61(71)59(69)57(67)54(77-62)51-74-63-60(70)58(68)56(66)53(48-64)76-63/h6,8,12,14,18,20-21,23-24,29,52-54,56-64,66-71H,3-5,7,9-11,13,15-17,19,22,25-28,30-51H2,1-2H3/b8-6-,14-12-,20-18-,23-21-,29-24-. The highest BCUT2D eigenvalue weighted by molar-refractivity contribution is 5.69. The molecule has 0 amide bonds. The molecule has 0 radical (unpaired) electrons. The SMILES string of the molecule is CC/C=C\C/C=C\C/C=C\C/C=C\CCCCCCCCCOCC(COC1OC(COC2OC(CO)C(O)C(O)C2O)C(O)C(O)C1O)OC(=O)CCCCCCCCCCCCC/C=C\CCCCCCCCCC. The van der Waals surface area contributed by atoms with Crippen molar-refractivity contribution in [1.29, 1.82) is 0 Å². The zero-order valence-electron chi connectivity index (χ0n) is 48.2. The second kappa shape index (κ2) is 49.5. The van der Waals surface area contributed by atoms with Crippen molar-refractivity contribution in [3.63, 3.8) is 0 Å². The predicted octanol–water partition coefficient (Wildman–Crippen LogP) is 11.6. The molecule has 0 aromatic rings. The summed E-state index contributed by atoms with van der Waals surface area (Å²) in [5.41, 5.74) is 0. The third-order valence-electron chi connectivity index (χ3n) is 14.5. The fourth-order valence-electron chi connectivity index (χ4n) is 9.57. The fourth-order valence-corrected chi connectivity index (χ4v) is 9.57. The van der Waals surface area contributed by atoms with Gasteiger partial charge in [-0.1, -0.05) is 209 Å². The maximum absolute atomic E-state index is 13.1. The van der Waals surface area contributed by atoms with Crippen molar-refractivity contribution in [3.05, 3.63) is 60.8 Å². The van der Waals surface area contributed by atoms with Gasteiger partial charge in [-0.2, -0.15) is 0 Å². The molecule has 11 atom stereocenters. The van der Waals surface area contributed by atoms with Crippen LogP contribution < -0.4 is 0 Å². The molecule has 0 aromatic heterocycles. The second-order valence-electron chi connectivity index (χ2n) is 21.5. The zero-order chi connectivity index (χ0) is 55.8. The highest BCUT2D eigenvalue weighted by Crippen LogP contribution is 2.27. The number of carbonyl (C=O) groups is 1. The Morgan fingerprint density at radius 3 is 1.34 bits per heavy atom. The number of hydrogen-bond donors (Lipinski definition) is 7. The topological polar surface area (TPSA) is 214 Å². The van der Waals surface area contributed by atoms with E-state index in [0.29, 0.717) is 13.0 Å². The van der Waals surface area contributed by atoms with Crippen molar-refractivity contribution in [2.75, 3.05) is 33.0 Å². The van der Waals surface area contributed by atoms with Crippen LogP contribution in [0.5, 0.6) is 0 Å². The Kier molecular flexibility index (Phi) is 45.5. The summed E-state index contributed by atoms with van der Waals surface area (Å²) in [5, 5.41) is 72.4. The number of rotatable bonds is 50. The molecule has 14 heteroatoms. The van der Waals surface area contributed by atoms with Gasteiger partial charge in [-0.15, -0.1) is 0 Å². The molecule has 0 saturated carbocycles. The maximum Gasteiger partial charge on any atom is 0.306 e. The normalized spacial score (nSPS) is 24.7. The van der Waals surface area contributed by atoms with Crippen LogP contribution >= 0.6 is 0 Å². The van der Waals surface area contributed by atoms with Gasteiger partial charge in [0.2, 0.25) is 0 Å². The molecule has 11 unspecified atom stereocenters. The van der Waals surface area contributed by atoms with Gasteiger partial charge >= 0.3 is 5.97 Å². The van der Waals surface area contributed by atoms with Crippen molar-refractivity contribution < 1.29 is 69.0 Å². The largest absolute Gasteiger partial charge is 0.457 e. The summed E-state index contributed by atoms with van der Waals surface area (Å²) < 4.78 is 34.4. The van der Waals surface area contributed by atoms with Crippen LogP contribution in [0.1, 0.15) is 232 Å². The number of aliphatic hydroxyl groups is 7. The summed E-state index contributed by atoms with van der Waals surface area (Å²) in [6, 6.07) is 0. The summed E-state index contributed by atoms with van der Waals surface area (Å²) in [5.74, 6) is -0.380. The number of carbonyl (C=O) groups excluding carboxylic acids is 1. The van der Waals surface area contributed by atoms with E-state index in [0.717, 1.165) is 70.6 Å². The minimum Gasteiger partial charge on any atom is -0.457 e. The number of unbranched alkanes of at least 4 members (excludes halogenated alkanes) is 26. The molecule has 0 aromatic carbocycles. The van der Waals surface area contributed by atoms with Gasteiger partial charge in [-0.05, 0) is 77.0 Å². The van der Waals surface area contributed by atoms with Gasteiger partial charge in [0.15, 0.2) is 12.6 Å². The van der Waals surface area contributed by atoms with Gasteiger partial charge in [0.25, 0.3) is 0 Å². The van der Waals surface area contributed by atoms with Crippen LogP contribution in [0.3, 0.4) is 0 Å². The first-order valence-electron chi connectivity index (χ1n) is 30.9. The van der Waals surface area contributed by atoms with Crippen LogP contribution in [0.25, 0.3) is 0 Å². The molecular formula is C63H112O14. The molecule has 2 heterocycles. The highest BCUT2D eigenvalue weighted by atomic mass is 16.7. The van der Waals surface area contributed by atoms with E-state index in [-0.39, 0.29) is 25.6 Å². The molecule has 7 N–H and O–H groups in total. The number of esters is 1. The summed E-state index contributed by atoms with van der Waals surface area (Å²) in [6.45, 7) is 3.57. The van der Waals surface area contributed by atoms with Crippen LogP contribution in [0.2, 0.25) is 0 Å². The molecule has 2 saturated heterocycles. The lowest BCUT2D eigenvalue weighted by Crippen LogP contribution is -2.61. The molecule has 2 rings (SSSR count). The molecule has 0 aliphatic carbocycles. The van der Waals surface area contributed by atoms with Gasteiger partial charge in [0.05, 0.1) is 26.4 Å². The third kappa shape index (κ3) is 35.9.